The Morgan fingerprint density at radius 1 is 0.971 bits per heavy atom. The number of hydrogen-bond donors (Lipinski definition) is 2. The van der Waals surface area contributed by atoms with E-state index >= 15 is 0 Å². The molecular weight excluding hydrogens is 491 g/mol. The van der Waals surface area contributed by atoms with E-state index in [1.54, 1.807) is 48.5 Å². The van der Waals surface area contributed by atoms with Gasteiger partial charge in [0.2, 0.25) is 0 Å². The molecule has 3 aromatic carbocycles. The molecule has 180 valence electrons. The number of rotatable bonds is 7. The number of anilines is 1. The molecule has 10 heteroatoms. The summed E-state index contributed by atoms with van der Waals surface area (Å²) < 4.78 is 70.0. The summed E-state index contributed by atoms with van der Waals surface area (Å²) in [7, 11) is -3.93. The summed E-state index contributed by atoms with van der Waals surface area (Å²) in [4.78, 5) is -0.357. The largest absolute Gasteiger partial charge is 0.457 e. The molecule has 0 aliphatic heterocycles. The van der Waals surface area contributed by atoms with Gasteiger partial charge in [-0.05, 0) is 79.6 Å². The molecule has 0 radical (unpaired) electrons. The van der Waals surface area contributed by atoms with Gasteiger partial charge in [0.25, 0.3) is 0 Å². The second-order valence-corrected chi connectivity index (χ2v) is 10.8. The Balaban J connectivity index is 1.33. The monoisotopic (exact) mass is 511 g/mol. The molecule has 2 N–H and O–H groups in total. The van der Waals surface area contributed by atoms with Crippen LogP contribution >= 0.6 is 11.6 Å². The molecule has 3 aromatic rings. The maximum Gasteiger partial charge on any atom is 0.416 e. The molecule has 1 aliphatic rings. The van der Waals surface area contributed by atoms with Gasteiger partial charge in [0, 0.05) is 16.6 Å². The van der Waals surface area contributed by atoms with Crippen molar-refractivity contribution in [2.45, 2.75) is 35.4 Å². The Labute approximate surface area is 200 Å². The third kappa shape index (κ3) is 5.48. The summed E-state index contributed by atoms with van der Waals surface area (Å²) in [6.45, 7) is 0. The van der Waals surface area contributed by atoms with Crippen molar-refractivity contribution in [1.29, 1.82) is 0 Å². The van der Waals surface area contributed by atoms with Crippen LogP contribution in [0.15, 0.2) is 77.7 Å². The van der Waals surface area contributed by atoms with Gasteiger partial charge in [-0.25, -0.2) is 8.42 Å². The Hall–Kier alpha value is -2.75. The topological polar surface area (TPSA) is 75.6 Å². The zero-order chi connectivity index (χ0) is 24.5. The minimum Gasteiger partial charge on any atom is -0.457 e. The summed E-state index contributed by atoms with van der Waals surface area (Å²) in [5.74, 6) is 0.849. The first-order valence-electron chi connectivity index (χ1n) is 10.4. The van der Waals surface area contributed by atoms with Crippen LogP contribution in [0.1, 0.15) is 18.4 Å². The summed E-state index contributed by atoms with van der Waals surface area (Å²) in [6.07, 6.45) is -5.34. The highest BCUT2D eigenvalue weighted by Gasteiger charge is 2.43. The van der Waals surface area contributed by atoms with E-state index in [9.17, 15) is 26.7 Å². The van der Waals surface area contributed by atoms with Crippen LogP contribution in [0.2, 0.25) is 5.02 Å². The highest BCUT2D eigenvalue weighted by Crippen LogP contribution is 2.40. The van der Waals surface area contributed by atoms with E-state index in [1.165, 1.54) is 6.07 Å². The van der Waals surface area contributed by atoms with Crippen molar-refractivity contribution in [2.75, 3.05) is 5.32 Å². The van der Waals surface area contributed by atoms with Crippen LogP contribution in [0.25, 0.3) is 0 Å². The second kappa shape index (κ2) is 9.48. The van der Waals surface area contributed by atoms with Crippen molar-refractivity contribution in [3.05, 3.63) is 83.4 Å². The lowest BCUT2D eigenvalue weighted by Gasteiger charge is -2.38. The average molecular weight is 512 g/mol. The number of halogens is 4. The SMILES string of the molecule is O=S(=O)(c1cccc(C(F)(F)F)c1)[C@H]1C[C@H](C(O)Nc2ccc(Oc3ccc(Cl)cc3)cc2)C1. The van der Waals surface area contributed by atoms with Crippen molar-refractivity contribution in [1.82, 2.24) is 0 Å². The van der Waals surface area contributed by atoms with Crippen LogP contribution in [0.5, 0.6) is 11.5 Å². The van der Waals surface area contributed by atoms with Gasteiger partial charge in [-0.1, -0.05) is 17.7 Å². The molecule has 0 saturated heterocycles. The summed E-state index contributed by atoms with van der Waals surface area (Å²) in [5, 5.41) is 13.1. The van der Waals surface area contributed by atoms with Crippen molar-refractivity contribution >= 4 is 27.1 Å². The van der Waals surface area contributed by atoms with Gasteiger partial charge in [0.1, 0.15) is 17.7 Å². The zero-order valence-electron chi connectivity index (χ0n) is 17.7. The predicted octanol–water partition coefficient (Wildman–Crippen LogP) is 6.13. The maximum absolute atomic E-state index is 12.9. The summed E-state index contributed by atoms with van der Waals surface area (Å²) >= 11 is 5.85. The van der Waals surface area contributed by atoms with Crippen molar-refractivity contribution in [2.24, 2.45) is 5.92 Å². The minimum absolute atomic E-state index is 0.143. The summed E-state index contributed by atoms with van der Waals surface area (Å²) in [6, 6.07) is 17.5. The van der Waals surface area contributed by atoms with Gasteiger partial charge in [-0.15, -0.1) is 0 Å². The molecular formula is C24H21ClF3NO4S. The van der Waals surface area contributed by atoms with E-state index in [4.69, 9.17) is 16.3 Å². The number of aliphatic hydroxyl groups is 1. The van der Waals surface area contributed by atoms with E-state index < -0.39 is 33.1 Å². The Bertz CT molecular complexity index is 1240. The fraction of sp³-hybridized carbons (Fsp3) is 0.250. The molecule has 0 bridgehead atoms. The fourth-order valence-electron chi connectivity index (χ4n) is 3.71. The first-order valence-corrected chi connectivity index (χ1v) is 12.3. The van der Waals surface area contributed by atoms with Crippen molar-refractivity contribution < 1.29 is 31.4 Å². The zero-order valence-corrected chi connectivity index (χ0v) is 19.2. The van der Waals surface area contributed by atoms with Gasteiger partial charge in [-0.3, -0.25) is 0 Å². The van der Waals surface area contributed by atoms with Crippen LogP contribution in [-0.4, -0.2) is 25.0 Å². The number of hydrogen-bond acceptors (Lipinski definition) is 5. The van der Waals surface area contributed by atoms with Crippen molar-refractivity contribution in [3.63, 3.8) is 0 Å². The number of aliphatic hydroxyl groups excluding tert-OH is 1. The highest BCUT2D eigenvalue weighted by atomic mass is 35.5. The summed E-state index contributed by atoms with van der Waals surface area (Å²) in [5.41, 5.74) is -0.394. The quantitative estimate of drug-likeness (QED) is 0.373. The first-order chi connectivity index (χ1) is 16.0. The Kier molecular flexibility index (Phi) is 6.80. The number of sulfone groups is 1. The standard InChI is InChI=1S/C24H21ClF3NO4S/c25-17-4-8-19(9-5-17)33-20-10-6-18(7-11-20)29-23(30)15-12-22(13-15)34(31,32)21-3-1-2-16(14-21)24(26,27)28/h1-11,14-15,22-23,29-30H,12-13H2/t15-,22-,23?. The maximum atomic E-state index is 12.9. The fourth-order valence-corrected chi connectivity index (χ4v) is 5.78. The van der Waals surface area contributed by atoms with E-state index in [0.717, 1.165) is 12.1 Å². The van der Waals surface area contributed by atoms with Gasteiger partial charge < -0.3 is 15.2 Å². The average Bonchev–Trinajstić information content (AvgIpc) is 2.75. The van der Waals surface area contributed by atoms with Crippen molar-refractivity contribution in [3.8, 4) is 11.5 Å². The molecule has 1 unspecified atom stereocenters. The molecule has 0 amide bonds. The van der Waals surface area contributed by atoms with Crippen LogP contribution in [-0.2, 0) is 16.0 Å². The molecule has 1 fully saturated rings. The van der Waals surface area contributed by atoms with Crippen LogP contribution < -0.4 is 10.1 Å². The second-order valence-electron chi connectivity index (χ2n) is 8.09. The third-order valence-electron chi connectivity index (χ3n) is 5.72. The molecule has 0 heterocycles. The number of alkyl halides is 3. The molecule has 1 aliphatic carbocycles. The van der Waals surface area contributed by atoms with Gasteiger partial charge in [-0.2, -0.15) is 13.2 Å². The van der Waals surface area contributed by atoms with Gasteiger partial charge >= 0.3 is 6.18 Å². The van der Waals surface area contributed by atoms with E-state index in [1.807, 2.05) is 0 Å². The van der Waals surface area contributed by atoms with Crippen LogP contribution in [0.4, 0.5) is 18.9 Å². The van der Waals surface area contributed by atoms with Gasteiger partial charge in [0.05, 0.1) is 15.7 Å². The predicted molar refractivity (Wildman–Crippen MR) is 123 cm³/mol. The third-order valence-corrected chi connectivity index (χ3v) is 8.15. The first kappa shape index (κ1) is 24.4. The minimum atomic E-state index is -4.62. The molecule has 5 nitrogen and oxygen atoms in total. The molecule has 4 rings (SSSR count). The number of nitrogens with one attached hydrogen (secondary N) is 1. The normalized spacial score (nSPS) is 19.2. The van der Waals surface area contributed by atoms with E-state index in [2.05, 4.69) is 5.32 Å². The van der Waals surface area contributed by atoms with Crippen LogP contribution in [0, 0.1) is 5.92 Å². The molecule has 1 atom stereocenters. The lowest BCUT2D eigenvalue weighted by Crippen LogP contribution is -2.44. The highest BCUT2D eigenvalue weighted by molar-refractivity contribution is 7.92. The molecule has 1 saturated carbocycles. The number of ether oxygens (including phenoxy) is 1. The molecule has 0 spiro atoms. The lowest BCUT2D eigenvalue weighted by molar-refractivity contribution is -0.137. The van der Waals surface area contributed by atoms with Gasteiger partial charge in [0.15, 0.2) is 9.84 Å². The van der Waals surface area contributed by atoms with E-state index in [0.29, 0.717) is 28.3 Å². The van der Waals surface area contributed by atoms with E-state index in [-0.39, 0.29) is 23.7 Å². The Morgan fingerprint density at radius 3 is 2.15 bits per heavy atom. The van der Waals surface area contributed by atoms with Crippen LogP contribution in [0.3, 0.4) is 0 Å². The smallest absolute Gasteiger partial charge is 0.416 e. The lowest BCUT2D eigenvalue weighted by atomic mass is 9.83. The molecule has 0 aromatic heterocycles. The molecule has 34 heavy (non-hydrogen) atoms. The number of benzene rings is 3. The Morgan fingerprint density at radius 2 is 1.56 bits per heavy atom.